The predicted molar refractivity (Wildman–Crippen MR) is 123 cm³/mol. The molecule has 0 unspecified atom stereocenters. The van der Waals surface area contributed by atoms with Gasteiger partial charge in [0.1, 0.15) is 5.76 Å². The summed E-state index contributed by atoms with van der Waals surface area (Å²) >= 11 is 1.63. The molecule has 3 aromatic rings. The average molecular weight is 424 g/mol. The number of hydrogen-bond donors (Lipinski definition) is 1. The van der Waals surface area contributed by atoms with Gasteiger partial charge in [-0.1, -0.05) is 29.4 Å². The van der Waals surface area contributed by atoms with E-state index in [0.717, 1.165) is 40.8 Å². The zero-order valence-corrected chi connectivity index (χ0v) is 18.9. The minimum atomic E-state index is -0.0443. The Kier molecular flexibility index (Phi) is 7.57. The number of aryl methyl sites for hydroxylation is 3. The fraction of sp³-hybridized carbons (Fsp3) is 0.333. The summed E-state index contributed by atoms with van der Waals surface area (Å²) in [6.07, 6.45) is 0. The Hall–Kier alpha value is -2.73. The van der Waals surface area contributed by atoms with Gasteiger partial charge in [-0.05, 0) is 57.5 Å². The van der Waals surface area contributed by atoms with Gasteiger partial charge in [-0.2, -0.15) is 0 Å². The molecule has 2 aromatic carbocycles. The Morgan fingerprint density at radius 2 is 1.93 bits per heavy atom. The number of rotatable bonds is 9. The van der Waals surface area contributed by atoms with Crippen molar-refractivity contribution in [3.05, 3.63) is 76.7 Å². The molecule has 0 aliphatic carbocycles. The maximum atomic E-state index is 12.8. The molecule has 1 amide bonds. The van der Waals surface area contributed by atoms with E-state index in [-0.39, 0.29) is 5.91 Å². The first-order valence-corrected chi connectivity index (χ1v) is 11.2. The number of carbonyl (C=O) groups excluding carboxylic acids is 1. The lowest BCUT2D eigenvalue weighted by Gasteiger charge is -2.23. The van der Waals surface area contributed by atoms with Gasteiger partial charge in [-0.15, -0.1) is 11.8 Å². The summed E-state index contributed by atoms with van der Waals surface area (Å²) in [5.41, 5.74) is 5.11. The third-order valence-corrected chi connectivity index (χ3v) is 6.20. The molecule has 1 heterocycles. The van der Waals surface area contributed by atoms with Crippen LogP contribution in [0.5, 0.6) is 0 Å². The molecule has 1 N–H and O–H groups in total. The zero-order chi connectivity index (χ0) is 21.5. The molecule has 0 saturated carbocycles. The lowest BCUT2D eigenvalue weighted by atomic mass is 10.2. The summed E-state index contributed by atoms with van der Waals surface area (Å²) in [5, 5.41) is 7.09. The highest BCUT2D eigenvalue weighted by Gasteiger charge is 2.14. The van der Waals surface area contributed by atoms with E-state index in [1.165, 1.54) is 11.3 Å². The first-order chi connectivity index (χ1) is 14.5. The second kappa shape index (κ2) is 10.3. The van der Waals surface area contributed by atoms with E-state index in [0.29, 0.717) is 12.1 Å². The lowest BCUT2D eigenvalue weighted by Crippen LogP contribution is -2.35. The summed E-state index contributed by atoms with van der Waals surface area (Å²) in [7, 11) is 0. The molecule has 0 aliphatic heterocycles. The largest absolute Gasteiger partial charge is 0.370 e. The molecule has 6 heteroatoms. The lowest BCUT2D eigenvalue weighted by molar-refractivity contribution is 0.0951. The topological polar surface area (TPSA) is 58.4 Å². The highest BCUT2D eigenvalue weighted by Crippen LogP contribution is 2.28. The van der Waals surface area contributed by atoms with Crippen LogP contribution in [0.25, 0.3) is 0 Å². The van der Waals surface area contributed by atoms with Crippen molar-refractivity contribution >= 4 is 23.4 Å². The monoisotopic (exact) mass is 423 g/mol. The fourth-order valence-electron chi connectivity index (χ4n) is 3.33. The van der Waals surface area contributed by atoms with Gasteiger partial charge < -0.3 is 14.7 Å². The second-order valence-electron chi connectivity index (χ2n) is 7.26. The van der Waals surface area contributed by atoms with Crippen LogP contribution in [0.2, 0.25) is 0 Å². The van der Waals surface area contributed by atoms with Crippen molar-refractivity contribution in [2.75, 3.05) is 24.5 Å². The molecule has 0 saturated heterocycles. The predicted octanol–water partition coefficient (Wildman–Crippen LogP) is 5.15. The highest BCUT2D eigenvalue weighted by atomic mass is 32.2. The molecule has 1 aromatic heterocycles. The van der Waals surface area contributed by atoms with Crippen molar-refractivity contribution in [2.24, 2.45) is 0 Å². The van der Waals surface area contributed by atoms with Crippen molar-refractivity contribution < 1.29 is 9.32 Å². The van der Waals surface area contributed by atoms with Gasteiger partial charge >= 0.3 is 0 Å². The second-order valence-corrected chi connectivity index (χ2v) is 8.28. The van der Waals surface area contributed by atoms with Gasteiger partial charge in [0.2, 0.25) is 0 Å². The summed E-state index contributed by atoms with van der Waals surface area (Å²) in [4.78, 5) is 16.1. The summed E-state index contributed by atoms with van der Waals surface area (Å²) < 4.78 is 5.24. The Morgan fingerprint density at radius 3 is 2.63 bits per heavy atom. The number of benzene rings is 2. The van der Waals surface area contributed by atoms with E-state index in [9.17, 15) is 4.79 Å². The SMILES string of the molecule is CCN(CCNC(=O)c1ccccc1SCc1c(C)noc1C)c1cccc(C)c1. The van der Waals surface area contributed by atoms with Crippen molar-refractivity contribution in [1.29, 1.82) is 0 Å². The van der Waals surface area contributed by atoms with Crippen LogP contribution in [0.4, 0.5) is 5.69 Å². The van der Waals surface area contributed by atoms with E-state index in [2.05, 4.69) is 53.5 Å². The molecule has 158 valence electrons. The average Bonchev–Trinajstić information content (AvgIpc) is 3.07. The van der Waals surface area contributed by atoms with Crippen LogP contribution in [0.3, 0.4) is 0 Å². The van der Waals surface area contributed by atoms with E-state index >= 15 is 0 Å². The first kappa shape index (κ1) is 22.0. The van der Waals surface area contributed by atoms with Gasteiger partial charge in [0, 0.05) is 41.5 Å². The summed E-state index contributed by atoms with van der Waals surface area (Å²) in [6, 6.07) is 16.2. The molecule has 0 fully saturated rings. The summed E-state index contributed by atoms with van der Waals surface area (Å²) in [5.74, 6) is 1.51. The van der Waals surface area contributed by atoms with Gasteiger partial charge in [-0.25, -0.2) is 0 Å². The minimum absolute atomic E-state index is 0.0443. The zero-order valence-electron chi connectivity index (χ0n) is 18.1. The van der Waals surface area contributed by atoms with Crippen LogP contribution in [-0.2, 0) is 5.75 Å². The fourth-order valence-corrected chi connectivity index (χ4v) is 4.54. The van der Waals surface area contributed by atoms with Crippen LogP contribution in [0.15, 0.2) is 57.9 Å². The Labute approximate surface area is 182 Å². The quantitative estimate of drug-likeness (QED) is 0.483. The summed E-state index contributed by atoms with van der Waals surface area (Å²) in [6.45, 7) is 10.3. The molecule has 0 spiro atoms. The van der Waals surface area contributed by atoms with Crippen molar-refractivity contribution in [2.45, 2.75) is 38.3 Å². The van der Waals surface area contributed by atoms with E-state index in [1.54, 1.807) is 11.8 Å². The highest BCUT2D eigenvalue weighted by molar-refractivity contribution is 7.98. The molecule has 5 nitrogen and oxygen atoms in total. The number of aromatic nitrogens is 1. The molecule has 0 radical (unpaired) electrons. The number of anilines is 1. The van der Waals surface area contributed by atoms with Crippen molar-refractivity contribution in [3.8, 4) is 0 Å². The number of nitrogens with one attached hydrogen (secondary N) is 1. The van der Waals surface area contributed by atoms with Crippen LogP contribution >= 0.6 is 11.8 Å². The third kappa shape index (κ3) is 5.45. The smallest absolute Gasteiger partial charge is 0.252 e. The molecule has 30 heavy (non-hydrogen) atoms. The molecule has 0 atom stereocenters. The Morgan fingerprint density at radius 1 is 1.13 bits per heavy atom. The van der Waals surface area contributed by atoms with Gasteiger partial charge in [0.25, 0.3) is 5.91 Å². The maximum Gasteiger partial charge on any atom is 0.252 e. The van der Waals surface area contributed by atoms with Crippen LogP contribution < -0.4 is 10.2 Å². The van der Waals surface area contributed by atoms with Gasteiger partial charge in [0.15, 0.2) is 0 Å². The maximum absolute atomic E-state index is 12.8. The number of thioether (sulfide) groups is 1. The van der Waals surface area contributed by atoms with Gasteiger partial charge in [-0.3, -0.25) is 4.79 Å². The normalized spacial score (nSPS) is 10.8. The van der Waals surface area contributed by atoms with Crippen LogP contribution in [-0.4, -0.2) is 30.7 Å². The van der Waals surface area contributed by atoms with Crippen molar-refractivity contribution in [3.63, 3.8) is 0 Å². The molecule has 3 rings (SSSR count). The molecule has 0 aliphatic rings. The number of nitrogens with zero attached hydrogens (tertiary/aromatic N) is 2. The number of amides is 1. The molecular weight excluding hydrogens is 394 g/mol. The molecular formula is C24H29N3O2S. The van der Waals surface area contributed by atoms with Gasteiger partial charge in [0.05, 0.1) is 11.3 Å². The minimum Gasteiger partial charge on any atom is -0.370 e. The standard InChI is InChI=1S/C24H29N3O2S/c1-5-27(20-10-8-9-17(2)15-20)14-13-25-24(28)21-11-6-7-12-23(21)30-16-22-18(3)26-29-19(22)4/h6-12,15H,5,13-14,16H2,1-4H3,(H,25,28). The number of likely N-dealkylation sites (N-methyl/N-ethyl adjacent to an activating group) is 1. The Bertz CT molecular complexity index is 980. The van der Waals surface area contributed by atoms with E-state index in [1.807, 2.05) is 38.1 Å². The Balaban J connectivity index is 1.60. The first-order valence-electron chi connectivity index (χ1n) is 10.2. The van der Waals surface area contributed by atoms with E-state index in [4.69, 9.17) is 4.52 Å². The number of hydrogen-bond acceptors (Lipinski definition) is 5. The van der Waals surface area contributed by atoms with Crippen LogP contribution in [0.1, 0.15) is 39.9 Å². The third-order valence-electron chi connectivity index (χ3n) is 5.10. The van der Waals surface area contributed by atoms with Crippen LogP contribution in [0, 0.1) is 20.8 Å². The van der Waals surface area contributed by atoms with Crippen molar-refractivity contribution in [1.82, 2.24) is 10.5 Å². The molecule has 0 bridgehead atoms. The van der Waals surface area contributed by atoms with E-state index < -0.39 is 0 Å². The number of carbonyl (C=O) groups is 1.